The lowest BCUT2D eigenvalue weighted by atomic mass is 10.1. The minimum atomic E-state index is -0.780. The fraction of sp³-hybridized carbons (Fsp3) is 0.263. The van der Waals surface area contributed by atoms with Crippen molar-refractivity contribution in [2.24, 2.45) is 0 Å². The number of aryl methyl sites for hydroxylation is 1. The maximum atomic E-state index is 12.0. The third-order valence-electron chi connectivity index (χ3n) is 3.62. The molecule has 1 unspecified atom stereocenters. The van der Waals surface area contributed by atoms with Crippen molar-refractivity contribution >= 4 is 29.1 Å². The highest BCUT2D eigenvalue weighted by Crippen LogP contribution is 2.17. The smallest absolute Gasteiger partial charge is 0.313 e. The number of anilines is 1. The van der Waals surface area contributed by atoms with Crippen molar-refractivity contribution < 1.29 is 19.4 Å². The molecule has 0 fully saturated rings. The minimum absolute atomic E-state index is 0.107. The molecule has 0 bridgehead atoms. The molecule has 26 heavy (non-hydrogen) atoms. The van der Waals surface area contributed by atoms with Gasteiger partial charge in [0.2, 0.25) is 0 Å². The van der Waals surface area contributed by atoms with Crippen LogP contribution >= 0.6 is 11.6 Å². The molecule has 0 aromatic heterocycles. The van der Waals surface area contributed by atoms with Crippen molar-refractivity contribution in [2.45, 2.75) is 13.0 Å². The van der Waals surface area contributed by atoms with E-state index in [1.54, 1.807) is 24.3 Å². The molecule has 0 radical (unpaired) electrons. The number of aliphatic hydroxyl groups excluding tert-OH is 1. The molecule has 0 aliphatic heterocycles. The molecule has 0 saturated carbocycles. The number of halogens is 1. The molecular weight excluding hydrogens is 356 g/mol. The zero-order valence-corrected chi connectivity index (χ0v) is 15.1. The molecule has 1 atom stereocenters. The minimum Gasteiger partial charge on any atom is -0.394 e. The third-order valence-corrected chi connectivity index (χ3v) is 3.87. The van der Waals surface area contributed by atoms with Gasteiger partial charge in [-0.25, -0.2) is 0 Å². The Hall–Kier alpha value is -2.41. The number of ether oxygens (including phenoxy) is 1. The molecule has 0 spiro atoms. The lowest BCUT2D eigenvalue weighted by molar-refractivity contribution is -0.136. The van der Waals surface area contributed by atoms with Crippen LogP contribution in [0.3, 0.4) is 0 Å². The molecule has 138 valence electrons. The highest BCUT2D eigenvalue weighted by Gasteiger charge is 2.18. The first-order valence-corrected chi connectivity index (χ1v) is 8.51. The second-order valence-corrected chi connectivity index (χ2v) is 6.10. The van der Waals surface area contributed by atoms with Gasteiger partial charge in [0.25, 0.3) is 0 Å². The second-order valence-electron chi connectivity index (χ2n) is 5.66. The van der Waals surface area contributed by atoms with Gasteiger partial charge < -0.3 is 20.5 Å². The zero-order valence-electron chi connectivity index (χ0n) is 14.4. The van der Waals surface area contributed by atoms with Crippen molar-refractivity contribution in [3.63, 3.8) is 0 Å². The SMILES string of the molecule is Cc1ccc(C(CNC(=O)C(=O)Nc2ccc(Cl)cc2)OCCO)cc1. The van der Waals surface area contributed by atoms with Crippen molar-refractivity contribution in [1.82, 2.24) is 5.32 Å². The van der Waals surface area contributed by atoms with Crippen molar-refractivity contribution in [3.05, 3.63) is 64.7 Å². The topological polar surface area (TPSA) is 87.7 Å². The van der Waals surface area contributed by atoms with Gasteiger partial charge >= 0.3 is 11.8 Å². The normalized spacial score (nSPS) is 11.7. The number of aliphatic hydroxyl groups is 1. The van der Waals surface area contributed by atoms with Crippen molar-refractivity contribution in [2.75, 3.05) is 25.1 Å². The molecule has 0 heterocycles. The number of amides is 2. The maximum absolute atomic E-state index is 12.0. The lowest BCUT2D eigenvalue weighted by Gasteiger charge is -2.18. The summed E-state index contributed by atoms with van der Waals surface area (Å²) in [4.78, 5) is 24.0. The monoisotopic (exact) mass is 376 g/mol. The van der Waals surface area contributed by atoms with Crippen molar-refractivity contribution in [3.8, 4) is 0 Å². The van der Waals surface area contributed by atoms with E-state index in [1.165, 1.54) is 0 Å². The van der Waals surface area contributed by atoms with Crippen LogP contribution in [0.25, 0.3) is 0 Å². The van der Waals surface area contributed by atoms with E-state index in [9.17, 15) is 9.59 Å². The van der Waals surface area contributed by atoms with Crippen LogP contribution in [0.5, 0.6) is 0 Å². The van der Waals surface area contributed by atoms with E-state index in [-0.39, 0.29) is 19.8 Å². The first-order valence-electron chi connectivity index (χ1n) is 8.13. The van der Waals surface area contributed by atoms with Crippen LogP contribution in [0, 0.1) is 6.92 Å². The Kier molecular flexibility index (Phi) is 7.59. The van der Waals surface area contributed by atoms with E-state index >= 15 is 0 Å². The largest absolute Gasteiger partial charge is 0.394 e. The fourth-order valence-corrected chi connectivity index (χ4v) is 2.36. The third kappa shape index (κ3) is 6.15. The second kappa shape index (κ2) is 9.91. The number of hydrogen-bond acceptors (Lipinski definition) is 4. The Balaban J connectivity index is 1.93. The zero-order chi connectivity index (χ0) is 18.9. The molecule has 7 heteroatoms. The van der Waals surface area contributed by atoms with Crippen LogP contribution in [0.15, 0.2) is 48.5 Å². The number of carbonyl (C=O) groups excluding carboxylic acids is 2. The summed E-state index contributed by atoms with van der Waals surface area (Å²) in [5, 5.41) is 14.6. The van der Waals surface area contributed by atoms with Crippen LogP contribution in [0.4, 0.5) is 5.69 Å². The summed E-state index contributed by atoms with van der Waals surface area (Å²) in [6.45, 7) is 2.07. The van der Waals surface area contributed by atoms with Crippen LogP contribution in [0.1, 0.15) is 17.2 Å². The summed E-state index contributed by atoms with van der Waals surface area (Å²) in [5.74, 6) is -1.55. The van der Waals surface area contributed by atoms with Gasteiger partial charge in [-0.3, -0.25) is 9.59 Å². The van der Waals surface area contributed by atoms with Gasteiger partial charge in [0.05, 0.1) is 19.3 Å². The van der Waals surface area contributed by atoms with E-state index in [2.05, 4.69) is 10.6 Å². The number of hydrogen-bond donors (Lipinski definition) is 3. The van der Waals surface area contributed by atoms with E-state index in [4.69, 9.17) is 21.4 Å². The van der Waals surface area contributed by atoms with Crippen molar-refractivity contribution in [1.29, 1.82) is 0 Å². The molecular formula is C19H21ClN2O4. The molecule has 6 nitrogen and oxygen atoms in total. The summed E-state index contributed by atoms with van der Waals surface area (Å²) < 4.78 is 5.57. The van der Waals surface area contributed by atoms with Crippen LogP contribution < -0.4 is 10.6 Å². The molecule has 2 rings (SSSR count). The van der Waals surface area contributed by atoms with Gasteiger partial charge in [-0.1, -0.05) is 41.4 Å². The molecule has 2 aromatic rings. The summed E-state index contributed by atoms with van der Waals surface area (Å²) in [6, 6.07) is 14.1. The van der Waals surface area contributed by atoms with E-state index < -0.39 is 17.9 Å². The highest BCUT2D eigenvalue weighted by atomic mass is 35.5. The summed E-state index contributed by atoms with van der Waals surface area (Å²) in [7, 11) is 0. The summed E-state index contributed by atoms with van der Waals surface area (Å²) in [5.41, 5.74) is 2.42. The molecule has 0 aliphatic carbocycles. The van der Waals surface area contributed by atoms with E-state index in [1.807, 2.05) is 31.2 Å². The van der Waals surface area contributed by atoms with Gasteiger partial charge in [0.15, 0.2) is 0 Å². The Morgan fingerprint density at radius 3 is 2.35 bits per heavy atom. The fourth-order valence-electron chi connectivity index (χ4n) is 2.24. The number of carbonyl (C=O) groups is 2. The molecule has 3 N–H and O–H groups in total. The predicted molar refractivity (Wildman–Crippen MR) is 100 cm³/mol. The summed E-state index contributed by atoms with van der Waals surface area (Å²) in [6.07, 6.45) is -0.463. The number of nitrogens with one attached hydrogen (secondary N) is 2. The summed E-state index contributed by atoms with van der Waals surface area (Å²) >= 11 is 5.78. The Labute approximate surface area is 157 Å². The first-order chi connectivity index (χ1) is 12.5. The van der Waals surface area contributed by atoms with Gasteiger partial charge in [-0.05, 0) is 36.8 Å². The standard InChI is InChI=1S/C19H21ClN2O4/c1-13-2-4-14(5-3-13)17(26-11-10-23)12-21-18(24)19(25)22-16-8-6-15(20)7-9-16/h2-9,17,23H,10-12H2,1H3,(H,21,24)(H,22,25). The molecule has 0 saturated heterocycles. The maximum Gasteiger partial charge on any atom is 0.313 e. The average molecular weight is 377 g/mol. The van der Waals surface area contributed by atoms with Gasteiger partial charge in [-0.2, -0.15) is 0 Å². The quantitative estimate of drug-likeness (QED) is 0.648. The van der Waals surface area contributed by atoms with Crippen LogP contribution in [-0.2, 0) is 14.3 Å². The Morgan fingerprint density at radius 2 is 1.73 bits per heavy atom. The van der Waals surface area contributed by atoms with Gasteiger partial charge in [0.1, 0.15) is 0 Å². The highest BCUT2D eigenvalue weighted by molar-refractivity contribution is 6.39. The van der Waals surface area contributed by atoms with E-state index in [0.717, 1.165) is 11.1 Å². The molecule has 0 aliphatic rings. The molecule has 2 amide bonds. The van der Waals surface area contributed by atoms with Crippen LogP contribution in [-0.4, -0.2) is 36.7 Å². The molecule has 2 aromatic carbocycles. The number of benzene rings is 2. The van der Waals surface area contributed by atoms with Gasteiger partial charge in [0, 0.05) is 17.3 Å². The van der Waals surface area contributed by atoms with Gasteiger partial charge in [-0.15, -0.1) is 0 Å². The number of rotatable bonds is 7. The predicted octanol–water partition coefficient (Wildman–Crippen LogP) is 2.45. The van der Waals surface area contributed by atoms with E-state index in [0.29, 0.717) is 10.7 Å². The Bertz CT molecular complexity index is 732. The first kappa shape index (κ1) is 19.9. The lowest BCUT2D eigenvalue weighted by Crippen LogP contribution is -2.38. The Morgan fingerprint density at radius 1 is 1.08 bits per heavy atom. The van der Waals surface area contributed by atoms with Crippen LogP contribution in [0.2, 0.25) is 5.02 Å². The average Bonchev–Trinajstić information content (AvgIpc) is 2.64.